The first kappa shape index (κ1) is 23.3. The molecule has 6 rings (SSSR count). The van der Waals surface area contributed by atoms with Crippen LogP contribution in [0.1, 0.15) is 21.8 Å². The number of thiazole rings is 1. The van der Waals surface area contributed by atoms with Crippen molar-refractivity contribution in [1.82, 2.24) is 15.0 Å². The van der Waals surface area contributed by atoms with Gasteiger partial charge in [0, 0.05) is 42.9 Å². The fourth-order valence-electron chi connectivity index (χ4n) is 4.50. The summed E-state index contributed by atoms with van der Waals surface area (Å²) in [6.45, 7) is 6.07. The van der Waals surface area contributed by atoms with Gasteiger partial charge in [-0.25, -0.2) is 4.98 Å². The van der Waals surface area contributed by atoms with E-state index in [0.29, 0.717) is 54.8 Å². The number of amides is 1. The number of carbonyl (C=O) groups is 1. The lowest BCUT2D eigenvalue weighted by Gasteiger charge is -2.25. The molecule has 36 heavy (non-hydrogen) atoms. The Hall–Kier alpha value is -3.12. The fourth-order valence-corrected chi connectivity index (χ4v) is 6.40. The van der Waals surface area contributed by atoms with E-state index in [9.17, 15) is 9.90 Å². The molecule has 0 aliphatic carbocycles. The van der Waals surface area contributed by atoms with E-state index in [0.717, 1.165) is 39.1 Å². The molecule has 0 unspecified atom stereocenters. The lowest BCUT2D eigenvalue weighted by Crippen LogP contribution is -2.36. The van der Waals surface area contributed by atoms with Gasteiger partial charge in [-0.15, -0.1) is 11.3 Å². The highest BCUT2D eigenvalue weighted by atomic mass is 32.1. The monoisotopic (exact) mass is 522 g/mol. The van der Waals surface area contributed by atoms with Gasteiger partial charge >= 0.3 is 0 Å². The van der Waals surface area contributed by atoms with Crippen LogP contribution in [0.3, 0.4) is 0 Å². The van der Waals surface area contributed by atoms with Gasteiger partial charge in [-0.3, -0.25) is 9.78 Å². The van der Waals surface area contributed by atoms with E-state index >= 15 is 0 Å². The van der Waals surface area contributed by atoms with Crippen LogP contribution in [0.4, 0.5) is 16.6 Å². The van der Waals surface area contributed by atoms with Crippen LogP contribution < -0.4 is 15.1 Å². The number of anilines is 3. The van der Waals surface area contributed by atoms with E-state index in [1.54, 1.807) is 17.5 Å². The number of morpholine rings is 1. The fraction of sp³-hybridized carbons (Fsp3) is 0.360. The number of nitrogens with one attached hydrogen (secondary N) is 1. The van der Waals surface area contributed by atoms with Crippen molar-refractivity contribution < 1.29 is 14.6 Å². The summed E-state index contributed by atoms with van der Waals surface area (Å²) in [5, 5.41) is 14.1. The third kappa shape index (κ3) is 4.66. The van der Waals surface area contributed by atoms with Crippen LogP contribution >= 0.6 is 22.7 Å². The minimum Gasteiger partial charge on any atom is -0.391 e. The zero-order chi connectivity index (χ0) is 24.6. The Labute approximate surface area is 216 Å². The summed E-state index contributed by atoms with van der Waals surface area (Å²) in [6.07, 6.45) is 2.04. The predicted octanol–water partition coefficient (Wildman–Crippen LogP) is 3.78. The second kappa shape index (κ2) is 9.74. The molecule has 0 saturated carbocycles. The number of ether oxygens (including phenoxy) is 1. The molecule has 4 aromatic rings. The van der Waals surface area contributed by atoms with E-state index in [4.69, 9.17) is 14.7 Å². The second-order valence-electron chi connectivity index (χ2n) is 8.97. The van der Waals surface area contributed by atoms with Crippen molar-refractivity contribution in [3.05, 3.63) is 47.1 Å². The van der Waals surface area contributed by atoms with Crippen molar-refractivity contribution >= 4 is 55.6 Å². The number of hydrogen-bond donors (Lipinski definition) is 2. The smallest absolute Gasteiger partial charge is 0.265 e. The minimum atomic E-state index is -0.408. The molecule has 0 spiro atoms. The highest BCUT2D eigenvalue weighted by Crippen LogP contribution is 2.36. The van der Waals surface area contributed by atoms with Crippen LogP contribution in [-0.2, 0) is 4.74 Å². The van der Waals surface area contributed by atoms with Gasteiger partial charge in [0.15, 0.2) is 16.6 Å². The average molecular weight is 523 g/mol. The molecule has 186 valence electrons. The average Bonchev–Trinajstić information content (AvgIpc) is 3.63. The molecule has 2 fully saturated rings. The van der Waals surface area contributed by atoms with Gasteiger partial charge in [-0.05, 0) is 49.2 Å². The standard InChI is InChI=1S/C25H26N6O3S2/c1-15-12-16(4-6-26-15)19-2-3-20(35-19)24(33)27-18-13-21-22(28-23(18)31-7-5-17(32)14-31)29-25(36-21)30-8-10-34-11-9-30/h2-4,6,12-13,17,32H,5,7-11,14H2,1H3,(H,27,33)/t17-/m0/s1. The van der Waals surface area contributed by atoms with Crippen molar-refractivity contribution in [2.24, 2.45) is 0 Å². The van der Waals surface area contributed by atoms with Crippen molar-refractivity contribution in [3.63, 3.8) is 0 Å². The number of β-amino-alcohol motifs (C(OH)–C–C–N with tert-alkyl or cyclic N) is 1. The number of aromatic nitrogens is 3. The molecule has 2 aliphatic rings. The summed E-state index contributed by atoms with van der Waals surface area (Å²) in [5.74, 6) is 0.463. The van der Waals surface area contributed by atoms with Gasteiger partial charge < -0.3 is 25.0 Å². The molecule has 2 N–H and O–H groups in total. The summed E-state index contributed by atoms with van der Waals surface area (Å²) in [4.78, 5) is 33.1. The van der Waals surface area contributed by atoms with Crippen LogP contribution in [0.25, 0.3) is 20.8 Å². The first-order valence-corrected chi connectivity index (χ1v) is 13.6. The van der Waals surface area contributed by atoms with Crippen LogP contribution in [0.15, 0.2) is 36.5 Å². The summed E-state index contributed by atoms with van der Waals surface area (Å²) in [5.41, 5.74) is 3.27. The molecular formula is C25H26N6O3S2. The minimum absolute atomic E-state index is 0.183. The van der Waals surface area contributed by atoms with Gasteiger partial charge in [0.1, 0.15) is 0 Å². The summed E-state index contributed by atoms with van der Waals surface area (Å²) in [7, 11) is 0. The number of pyridine rings is 2. The van der Waals surface area contributed by atoms with Crippen LogP contribution in [0.5, 0.6) is 0 Å². The third-order valence-electron chi connectivity index (χ3n) is 6.35. The first-order valence-electron chi connectivity index (χ1n) is 11.9. The maximum atomic E-state index is 13.3. The molecule has 0 aromatic carbocycles. The molecule has 9 nitrogen and oxygen atoms in total. The summed E-state index contributed by atoms with van der Waals surface area (Å²) >= 11 is 3.01. The van der Waals surface area contributed by atoms with Crippen LogP contribution in [0.2, 0.25) is 0 Å². The van der Waals surface area contributed by atoms with Gasteiger partial charge in [0.05, 0.1) is 34.6 Å². The van der Waals surface area contributed by atoms with E-state index in [1.807, 2.05) is 42.2 Å². The number of aliphatic hydroxyl groups excluding tert-OH is 1. The Morgan fingerprint density at radius 3 is 2.75 bits per heavy atom. The molecule has 0 bridgehead atoms. The third-order valence-corrected chi connectivity index (χ3v) is 8.54. The van der Waals surface area contributed by atoms with Gasteiger partial charge in [-0.1, -0.05) is 11.3 Å². The number of thiophene rings is 1. The highest BCUT2D eigenvalue weighted by molar-refractivity contribution is 7.22. The number of aryl methyl sites for hydroxylation is 1. The molecule has 4 aromatic heterocycles. The number of aliphatic hydroxyl groups is 1. The predicted molar refractivity (Wildman–Crippen MR) is 144 cm³/mol. The van der Waals surface area contributed by atoms with Gasteiger partial charge in [-0.2, -0.15) is 4.98 Å². The lowest BCUT2D eigenvalue weighted by atomic mass is 10.2. The van der Waals surface area contributed by atoms with Crippen LogP contribution in [0, 0.1) is 6.92 Å². The Balaban J connectivity index is 1.31. The number of fused-ring (bicyclic) bond motifs is 1. The number of hydrogen-bond acceptors (Lipinski definition) is 10. The zero-order valence-electron chi connectivity index (χ0n) is 19.8. The maximum Gasteiger partial charge on any atom is 0.265 e. The molecular weight excluding hydrogens is 496 g/mol. The van der Waals surface area contributed by atoms with Crippen molar-refractivity contribution in [1.29, 1.82) is 0 Å². The van der Waals surface area contributed by atoms with E-state index < -0.39 is 6.10 Å². The SMILES string of the molecule is Cc1cc(-c2ccc(C(=O)Nc3cc4sc(N5CCOCC5)nc4nc3N3CC[C@H](O)C3)s2)ccn1. The molecule has 0 radical (unpaired) electrons. The van der Waals surface area contributed by atoms with Crippen molar-refractivity contribution in [3.8, 4) is 10.4 Å². The number of carbonyl (C=O) groups excluding carboxylic acids is 1. The number of rotatable bonds is 5. The van der Waals surface area contributed by atoms with E-state index in [1.165, 1.54) is 11.3 Å². The summed E-state index contributed by atoms with van der Waals surface area (Å²) < 4.78 is 6.38. The maximum absolute atomic E-state index is 13.3. The normalized spacial score (nSPS) is 18.2. The molecule has 11 heteroatoms. The Bertz CT molecular complexity index is 1410. The largest absolute Gasteiger partial charge is 0.391 e. The molecule has 1 amide bonds. The molecule has 1 atom stereocenters. The molecule has 2 aliphatic heterocycles. The zero-order valence-corrected chi connectivity index (χ0v) is 21.4. The topological polar surface area (TPSA) is 104 Å². The quantitative estimate of drug-likeness (QED) is 0.408. The molecule has 2 saturated heterocycles. The van der Waals surface area contributed by atoms with Crippen molar-refractivity contribution in [2.45, 2.75) is 19.4 Å². The van der Waals surface area contributed by atoms with Crippen LogP contribution in [-0.4, -0.2) is 71.5 Å². The second-order valence-corrected chi connectivity index (χ2v) is 11.1. The van der Waals surface area contributed by atoms with Gasteiger partial charge in [0.2, 0.25) is 0 Å². The van der Waals surface area contributed by atoms with Crippen molar-refractivity contribution in [2.75, 3.05) is 54.5 Å². The Kier molecular flexibility index (Phi) is 6.30. The lowest BCUT2D eigenvalue weighted by molar-refractivity contribution is 0.103. The first-order chi connectivity index (χ1) is 17.5. The summed E-state index contributed by atoms with van der Waals surface area (Å²) in [6, 6.07) is 9.73. The molecule has 6 heterocycles. The van der Waals surface area contributed by atoms with E-state index in [2.05, 4.69) is 15.2 Å². The van der Waals surface area contributed by atoms with Gasteiger partial charge in [0.25, 0.3) is 5.91 Å². The Morgan fingerprint density at radius 2 is 1.97 bits per heavy atom. The number of nitrogens with zero attached hydrogens (tertiary/aromatic N) is 5. The highest BCUT2D eigenvalue weighted by Gasteiger charge is 2.26. The Morgan fingerprint density at radius 1 is 1.11 bits per heavy atom. The van der Waals surface area contributed by atoms with E-state index in [-0.39, 0.29) is 5.91 Å².